The van der Waals surface area contributed by atoms with E-state index in [1.807, 2.05) is 0 Å². The summed E-state index contributed by atoms with van der Waals surface area (Å²) in [6, 6.07) is 8.63. The lowest BCUT2D eigenvalue weighted by atomic mass is 10.1. The van der Waals surface area contributed by atoms with Crippen LogP contribution in [-0.2, 0) is 9.53 Å². The van der Waals surface area contributed by atoms with Gasteiger partial charge in [-0.05, 0) is 43.7 Å². The van der Waals surface area contributed by atoms with Crippen LogP contribution in [0.1, 0.15) is 35.8 Å². The van der Waals surface area contributed by atoms with Gasteiger partial charge in [-0.25, -0.2) is 9.18 Å². The molecule has 0 aliphatic heterocycles. The molecule has 0 heterocycles. The molecule has 0 saturated heterocycles. The van der Waals surface area contributed by atoms with Gasteiger partial charge in [-0.3, -0.25) is 14.9 Å². The number of hydrogen-bond donors (Lipinski definition) is 1. The van der Waals surface area contributed by atoms with Crippen molar-refractivity contribution in [3.05, 3.63) is 74.5 Å². The van der Waals surface area contributed by atoms with E-state index in [-0.39, 0.29) is 10.6 Å². The number of halogens is 2. The van der Waals surface area contributed by atoms with Crippen molar-refractivity contribution < 1.29 is 23.6 Å². The molecule has 1 amide bonds. The number of hydrogen-bond acceptors (Lipinski definition) is 5. The number of ether oxygens (including phenoxy) is 1. The number of esters is 1. The Morgan fingerprint density at radius 2 is 1.81 bits per heavy atom. The second kappa shape index (κ2) is 8.59. The number of nitro benzene ring substituents is 1. The molecule has 2 aromatic carbocycles. The predicted octanol–water partition coefficient (Wildman–Crippen LogP) is 3.81. The number of nitrogens with zero attached hydrogens (tertiary/aromatic N) is 1. The smallest absolute Gasteiger partial charge is 0.339 e. The lowest BCUT2D eigenvalue weighted by Gasteiger charge is -2.18. The quantitative estimate of drug-likeness (QED) is 0.456. The summed E-state index contributed by atoms with van der Waals surface area (Å²) in [5.74, 6) is -1.85. The lowest BCUT2D eigenvalue weighted by Crippen LogP contribution is -2.37. The van der Waals surface area contributed by atoms with Crippen molar-refractivity contribution in [2.45, 2.75) is 26.0 Å². The molecule has 7 nitrogen and oxygen atoms in total. The number of rotatable bonds is 6. The molecule has 0 saturated carbocycles. The molecule has 0 aliphatic carbocycles. The van der Waals surface area contributed by atoms with Crippen molar-refractivity contribution in [1.82, 2.24) is 5.32 Å². The standard InChI is InChI=1S/C18H16ClFN2O5/c1-10(12-3-6-14(20)7-4-12)21-17(23)11(2)27-18(24)13-5-8-15(19)16(9-13)22(25)26/h3-11H,1-2H3,(H,21,23)/t10-,11-/m0/s1. The van der Waals surface area contributed by atoms with Gasteiger partial charge in [0.15, 0.2) is 6.10 Å². The molecule has 0 bridgehead atoms. The van der Waals surface area contributed by atoms with Crippen molar-refractivity contribution in [3.63, 3.8) is 0 Å². The first kappa shape index (κ1) is 20.3. The summed E-state index contributed by atoms with van der Waals surface area (Å²) < 4.78 is 18.0. The number of carbonyl (C=O) groups is 2. The van der Waals surface area contributed by atoms with Crippen molar-refractivity contribution >= 4 is 29.2 Å². The van der Waals surface area contributed by atoms with Crippen LogP contribution in [0.2, 0.25) is 5.02 Å². The first-order valence-corrected chi connectivity index (χ1v) is 8.27. The maximum absolute atomic E-state index is 13.0. The van der Waals surface area contributed by atoms with E-state index in [4.69, 9.17) is 16.3 Å². The number of amides is 1. The molecule has 0 unspecified atom stereocenters. The van der Waals surface area contributed by atoms with Gasteiger partial charge in [0.25, 0.3) is 11.6 Å². The largest absolute Gasteiger partial charge is 0.449 e. The van der Waals surface area contributed by atoms with E-state index in [0.29, 0.717) is 5.56 Å². The van der Waals surface area contributed by atoms with E-state index in [1.54, 1.807) is 6.92 Å². The summed E-state index contributed by atoms with van der Waals surface area (Å²) in [7, 11) is 0. The summed E-state index contributed by atoms with van der Waals surface area (Å²) >= 11 is 5.70. The molecule has 2 rings (SSSR count). The minimum absolute atomic E-state index is 0.0997. The Morgan fingerprint density at radius 3 is 2.41 bits per heavy atom. The van der Waals surface area contributed by atoms with Gasteiger partial charge in [-0.1, -0.05) is 23.7 Å². The van der Waals surface area contributed by atoms with Gasteiger partial charge in [-0.2, -0.15) is 0 Å². The molecule has 0 aromatic heterocycles. The lowest BCUT2D eigenvalue weighted by molar-refractivity contribution is -0.384. The Hall–Kier alpha value is -3.00. The molecule has 9 heteroatoms. The summed E-state index contributed by atoms with van der Waals surface area (Å²) in [6.45, 7) is 3.07. The molecule has 0 spiro atoms. The SMILES string of the molecule is C[C@H](OC(=O)c1ccc(Cl)c([N+](=O)[O-])c1)C(=O)N[C@@H](C)c1ccc(F)cc1. The van der Waals surface area contributed by atoms with E-state index in [2.05, 4.69) is 5.32 Å². The monoisotopic (exact) mass is 394 g/mol. The molecular weight excluding hydrogens is 379 g/mol. The first-order chi connectivity index (χ1) is 12.7. The second-order valence-electron chi connectivity index (χ2n) is 5.75. The molecular formula is C18H16ClFN2O5. The van der Waals surface area contributed by atoms with E-state index in [1.165, 1.54) is 43.3 Å². The Balaban J connectivity index is 2.01. The Morgan fingerprint density at radius 1 is 1.19 bits per heavy atom. The fourth-order valence-corrected chi connectivity index (χ4v) is 2.41. The minimum atomic E-state index is -1.14. The highest BCUT2D eigenvalue weighted by molar-refractivity contribution is 6.32. The number of benzene rings is 2. The fraction of sp³-hybridized carbons (Fsp3) is 0.222. The zero-order valence-electron chi connectivity index (χ0n) is 14.4. The van der Waals surface area contributed by atoms with Crippen molar-refractivity contribution in [3.8, 4) is 0 Å². The molecule has 0 radical (unpaired) electrons. The highest BCUT2D eigenvalue weighted by Gasteiger charge is 2.23. The van der Waals surface area contributed by atoms with Crippen LogP contribution >= 0.6 is 11.6 Å². The van der Waals surface area contributed by atoms with Crippen LogP contribution < -0.4 is 5.32 Å². The minimum Gasteiger partial charge on any atom is -0.449 e. The Labute approximate surface area is 159 Å². The summed E-state index contributed by atoms with van der Waals surface area (Å²) in [5.41, 5.74) is 0.141. The van der Waals surface area contributed by atoms with Gasteiger partial charge >= 0.3 is 5.97 Å². The molecule has 2 aromatic rings. The molecule has 1 N–H and O–H groups in total. The molecule has 0 aliphatic rings. The van der Waals surface area contributed by atoms with Crippen LogP contribution in [0.5, 0.6) is 0 Å². The van der Waals surface area contributed by atoms with Gasteiger partial charge in [0.05, 0.1) is 16.5 Å². The summed E-state index contributed by atoms with van der Waals surface area (Å²) in [4.78, 5) is 34.5. The van der Waals surface area contributed by atoms with Crippen LogP contribution in [0.4, 0.5) is 10.1 Å². The van der Waals surface area contributed by atoms with Crippen LogP contribution in [0, 0.1) is 15.9 Å². The number of nitro groups is 1. The average Bonchev–Trinajstić information content (AvgIpc) is 2.62. The topological polar surface area (TPSA) is 98.5 Å². The van der Waals surface area contributed by atoms with Crippen LogP contribution in [0.15, 0.2) is 42.5 Å². The normalized spacial score (nSPS) is 12.7. The zero-order chi connectivity index (χ0) is 20.1. The van der Waals surface area contributed by atoms with Gasteiger partial charge in [0, 0.05) is 6.07 Å². The molecule has 0 fully saturated rings. The van der Waals surface area contributed by atoms with E-state index in [9.17, 15) is 24.1 Å². The second-order valence-corrected chi connectivity index (χ2v) is 6.16. The number of nitrogens with one attached hydrogen (secondary N) is 1. The Bertz CT molecular complexity index is 873. The third-order valence-corrected chi connectivity index (χ3v) is 4.08. The van der Waals surface area contributed by atoms with E-state index >= 15 is 0 Å². The van der Waals surface area contributed by atoms with E-state index < -0.39 is 40.5 Å². The van der Waals surface area contributed by atoms with Gasteiger partial charge in [0.1, 0.15) is 10.8 Å². The first-order valence-electron chi connectivity index (χ1n) is 7.89. The van der Waals surface area contributed by atoms with Crippen molar-refractivity contribution in [2.24, 2.45) is 0 Å². The zero-order valence-corrected chi connectivity index (χ0v) is 15.2. The van der Waals surface area contributed by atoms with Crippen LogP contribution in [0.3, 0.4) is 0 Å². The highest BCUT2D eigenvalue weighted by Crippen LogP contribution is 2.25. The molecule has 142 valence electrons. The van der Waals surface area contributed by atoms with Crippen molar-refractivity contribution in [2.75, 3.05) is 0 Å². The number of carbonyl (C=O) groups excluding carboxylic acids is 2. The maximum atomic E-state index is 13.0. The highest BCUT2D eigenvalue weighted by atomic mass is 35.5. The third-order valence-electron chi connectivity index (χ3n) is 3.76. The summed E-state index contributed by atoms with van der Waals surface area (Å²) in [6.07, 6.45) is -1.14. The predicted molar refractivity (Wildman–Crippen MR) is 95.9 cm³/mol. The maximum Gasteiger partial charge on any atom is 0.339 e. The molecule has 27 heavy (non-hydrogen) atoms. The Kier molecular flexibility index (Phi) is 6.46. The van der Waals surface area contributed by atoms with Crippen molar-refractivity contribution in [1.29, 1.82) is 0 Å². The van der Waals surface area contributed by atoms with Crippen LogP contribution in [-0.4, -0.2) is 22.9 Å². The fourth-order valence-electron chi connectivity index (χ4n) is 2.23. The van der Waals surface area contributed by atoms with E-state index in [0.717, 1.165) is 6.07 Å². The third kappa shape index (κ3) is 5.24. The molecule has 2 atom stereocenters. The summed E-state index contributed by atoms with van der Waals surface area (Å²) in [5, 5.41) is 13.4. The van der Waals surface area contributed by atoms with Gasteiger partial charge < -0.3 is 10.1 Å². The van der Waals surface area contributed by atoms with Gasteiger partial charge in [0.2, 0.25) is 0 Å². The average molecular weight is 395 g/mol. The van der Waals surface area contributed by atoms with Crippen LogP contribution in [0.25, 0.3) is 0 Å². The van der Waals surface area contributed by atoms with Gasteiger partial charge in [-0.15, -0.1) is 0 Å².